The predicted molar refractivity (Wildman–Crippen MR) is 59.7 cm³/mol. The summed E-state index contributed by atoms with van der Waals surface area (Å²) in [6, 6.07) is 0. The van der Waals surface area contributed by atoms with Gasteiger partial charge in [-0.1, -0.05) is 0 Å². The third-order valence-corrected chi connectivity index (χ3v) is 1.52. The van der Waals surface area contributed by atoms with Gasteiger partial charge in [0.2, 0.25) is 0 Å². The van der Waals surface area contributed by atoms with E-state index in [1.54, 1.807) is 0 Å². The second-order valence-corrected chi connectivity index (χ2v) is 2.90. The molecule has 0 rings (SSSR count). The minimum absolute atomic E-state index is 0. The van der Waals surface area contributed by atoms with Crippen molar-refractivity contribution in [1.82, 2.24) is 0 Å². The first kappa shape index (κ1) is 31.6. The molecule has 129 valence electrons. The van der Waals surface area contributed by atoms with E-state index in [-0.39, 0.29) is 53.7 Å². The fourth-order valence-electron chi connectivity index (χ4n) is 0.612. The van der Waals surface area contributed by atoms with Crippen molar-refractivity contribution in [1.29, 1.82) is 0 Å². The molecule has 0 saturated heterocycles. The molecule has 1 radical (unpaired) electrons. The molecule has 0 saturated carbocycles. The zero-order valence-corrected chi connectivity index (χ0v) is 12.3. The largest absolute Gasteiger partial charge is 2.00 e. The zero-order chi connectivity index (χ0) is 14.6. The van der Waals surface area contributed by atoms with E-state index in [0.717, 1.165) is 0 Å². The monoisotopic (exact) mass is 361 g/mol. The van der Waals surface area contributed by atoms with Crippen LogP contribution in [0.1, 0.15) is 25.7 Å². The van der Waals surface area contributed by atoms with Gasteiger partial charge in [-0.2, -0.15) is 0 Å². The maximum atomic E-state index is 10.2. The number of hydrogen-bond acceptors (Lipinski definition) is 8. The Labute approximate surface area is 131 Å². The van der Waals surface area contributed by atoms with Crippen LogP contribution in [0.25, 0.3) is 0 Å². The Bertz CT molecular complexity index is 274. The van der Waals surface area contributed by atoms with E-state index in [1.807, 2.05) is 0 Å². The van der Waals surface area contributed by atoms with Crippen molar-refractivity contribution in [2.75, 3.05) is 14.2 Å². The molecule has 0 amide bonds. The fraction of sp³-hybridized carbons (Fsp3) is 0.600. The van der Waals surface area contributed by atoms with Gasteiger partial charge in [-0.25, -0.2) is 0 Å². The first-order chi connectivity index (χ1) is 8.33. The Morgan fingerprint density at radius 2 is 0.952 bits per heavy atom. The molecule has 0 aliphatic rings. The maximum Gasteiger partial charge on any atom is 2.00 e. The molecule has 0 spiro atoms. The van der Waals surface area contributed by atoms with Crippen LogP contribution in [0.2, 0.25) is 0 Å². The smallest absolute Gasteiger partial charge is 0.550 e. The summed E-state index contributed by atoms with van der Waals surface area (Å²) in [6.07, 6.45) is -0.767. The molecular formula is C10H18CuO10. The number of carbonyl (C=O) groups is 4. The van der Waals surface area contributed by atoms with E-state index in [0.29, 0.717) is 0 Å². The summed E-state index contributed by atoms with van der Waals surface area (Å²) < 4.78 is 8.34. The minimum Gasteiger partial charge on any atom is -0.550 e. The van der Waals surface area contributed by atoms with Crippen molar-refractivity contribution < 1.29 is 66.9 Å². The van der Waals surface area contributed by atoms with Crippen LogP contribution in [0.3, 0.4) is 0 Å². The standard InChI is InChI=1S/2C5H8O4.Cu.2H2O/c2*1-9-5(8)3-2-4(6)7;;;/h2*2-3H2,1H3,(H,6,7);;2*1H2/q;;+2;;/p-2. The molecule has 0 aromatic rings. The van der Waals surface area contributed by atoms with Crippen molar-refractivity contribution in [3.05, 3.63) is 0 Å². The maximum absolute atomic E-state index is 10.2. The molecule has 11 heteroatoms. The number of esters is 2. The number of ether oxygens (including phenoxy) is 2. The van der Waals surface area contributed by atoms with Crippen LogP contribution in [-0.4, -0.2) is 49.0 Å². The molecule has 0 aliphatic carbocycles. The number of aliphatic carboxylic acids is 2. The van der Waals surface area contributed by atoms with E-state index < -0.39 is 23.9 Å². The Balaban J connectivity index is -0.0000000711. The topological polar surface area (TPSA) is 196 Å². The average molecular weight is 362 g/mol. The summed E-state index contributed by atoms with van der Waals surface area (Å²) in [5.74, 6) is -3.53. The molecule has 0 unspecified atom stereocenters. The molecule has 4 N–H and O–H groups in total. The third kappa shape index (κ3) is 32.1. The van der Waals surface area contributed by atoms with E-state index in [9.17, 15) is 29.4 Å². The normalized spacial score (nSPS) is 7.33. The summed E-state index contributed by atoms with van der Waals surface area (Å²) >= 11 is 0. The van der Waals surface area contributed by atoms with Crippen molar-refractivity contribution in [2.24, 2.45) is 0 Å². The van der Waals surface area contributed by atoms with E-state index in [4.69, 9.17) is 0 Å². The molecule has 21 heavy (non-hydrogen) atoms. The summed E-state index contributed by atoms with van der Waals surface area (Å²) in [7, 11) is 2.41. The molecular weight excluding hydrogens is 344 g/mol. The predicted octanol–water partition coefficient (Wildman–Crippen LogP) is -4.27. The minimum atomic E-state index is -1.24. The van der Waals surface area contributed by atoms with Crippen LogP contribution in [0.15, 0.2) is 0 Å². The second kappa shape index (κ2) is 20.6. The van der Waals surface area contributed by atoms with Gasteiger partial charge in [0.25, 0.3) is 0 Å². The molecule has 0 aromatic carbocycles. The van der Waals surface area contributed by atoms with Crippen LogP contribution in [0.4, 0.5) is 0 Å². The van der Waals surface area contributed by atoms with Crippen LogP contribution < -0.4 is 10.2 Å². The Morgan fingerprint density at radius 1 is 0.714 bits per heavy atom. The van der Waals surface area contributed by atoms with Crippen molar-refractivity contribution >= 4 is 23.9 Å². The van der Waals surface area contributed by atoms with Gasteiger partial charge in [0.05, 0.1) is 27.1 Å². The average Bonchev–Trinajstić information content (AvgIpc) is 2.33. The van der Waals surface area contributed by atoms with Gasteiger partial charge in [-0.15, -0.1) is 0 Å². The first-order valence-electron chi connectivity index (χ1n) is 4.86. The third-order valence-electron chi connectivity index (χ3n) is 1.52. The molecule has 0 atom stereocenters. The van der Waals surface area contributed by atoms with E-state index in [1.165, 1.54) is 14.2 Å². The Morgan fingerprint density at radius 3 is 1.10 bits per heavy atom. The van der Waals surface area contributed by atoms with Gasteiger partial charge in [0.15, 0.2) is 0 Å². The number of rotatable bonds is 6. The fourth-order valence-corrected chi connectivity index (χ4v) is 0.612. The van der Waals surface area contributed by atoms with Gasteiger partial charge in [0.1, 0.15) is 0 Å². The van der Waals surface area contributed by atoms with Gasteiger partial charge in [-0.05, 0) is 12.8 Å². The van der Waals surface area contributed by atoms with E-state index >= 15 is 0 Å². The Kier molecular flexibility index (Phi) is 31.1. The summed E-state index contributed by atoms with van der Waals surface area (Å²) in [5, 5.41) is 19.4. The van der Waals surface area contributed by atoms with Gasteiger partial charge >= 0.3 is 29.0 Å². The first-order valence-corrected chi connectivity index (χ1v) is 4.86. The number of carboxylic acid groups (broad SMARTS) is 2. The summed E-state index contributed by atoms with van der Waals surface area (Å²) in [6.45, 7) is 0. The van der Waals surface area contributed by atoms with Gasteiger partial charge in [0, 0.05) is 11.9 Å². The molecule has 0 fully saturated rings. The number of carbonyl (C=O) groups excluding carboxylic acids is 4. The van der Waals surface area contributed by atoms with Crippen LogP contribution >= 0.6 is 0 Å². The van der Waals surface area contributed by atoms with E-state index in [2.05, 4.69) is 9.47 Å². The molecule has 0 aromatic heterocycles. The van der Waals surface area contributed by atoms with Crippen LogP contribution in [-0.2, 0) is 45.7 Å². The van der Waals surface area contributed by atoms with Crippen LogP contribution in [0, 0.1) is 0 Å². The molecule has 0 bridgehead atoms. The number of carboxylic acids is 2. The van der Waals surface area contributed by atoms with Crippen molar-refractivity contribution in [3.8, 4) is 0 Å². The number of hydrogen-bond donors (Lipinski definition) is 0. The quantitative estimate of drug-likeness (QED) is 0.334. The summed E-state index contributed by atoms with van der Waals surface area (Å²) in [4.78, 5) is 39.8. The number of methoxy groups -OCH3 is 2. The Hall–Kier alpha value is -1.68. The summed E-state index contributed by atoms with van der Waals surface area (Å²) in [5.41, 5.74) is 0. The van der Waals surface area contributed by atoms with Gasteiger partial charge in [-0.3, -0.25) is 9.59 Å². The molecule has 10 nitrogen and oxygen atoms in total. The van der Waals surface area contributed by atoms with Crippen molar-refractivity contribution in [3.63, 3.8) is 0 Å². The van der Waals surface area contributed by atoms with Crippen LogP contribution in [0.5, 0.6) is 0 Å². The van der Waals surface area contributed by atoms with Gasteiger partial charge < -0.3 is 40.2 Å². The zero-order valence-electron chi connectivity index (χ0n) is 11.4. The SMILES string of the molecule is COC(=O)CCC(=O)[O-].COC(=O)CCC(=O)[O-].O.O.[Cu+2]. The molecule has 0 aliphatic heterocycles. The molecule has 0 heterocycles. The van der Waals surface area contributed by atoms with Crippen molar-refractivity contribution in [2.45, 2.75) is 25.7 Å². The second-order valence-electron chi connectivity index (χ2n) is 2.90.